The predicted octanol–water partition coefficient (Wildman–Crippen LogP) is 7.62. The Labute approximate surface area is 173 Å². The van der Waals surface area contributed by atoms with Crippen molar-refractivity contribution < 1.29 is 4.74 Å². The van der Waals surface area contributed by atoms with E-state index in [1.165, 1.54) is 38.9 Å². The number of methoxy groups -OCH3 is 1. The average Bonchev–Trinajstić information content (AvgIpc) is 2.63. The van der Waals surface area contributed by atoms with Crippen LogP contribution in [0.15, 0.2) is 66.7 Å². The zero-order valence-corrected chi connectivity index (χ0v) is 16.7. The summed E-state index contributed by atoms with van der Waals surface area (Å²) in [5.74, 6) is 0. The molecule has 3 rings (SSSR count). The van der Waals surface area contributed by atoms with Gasteiger partial charge in [-0.05, 0) is 61.9 Å². The van der Waals surface area contributed by atoms with E-state index >= 15 is 0 Å². The topological polar surface area (TPSA) is 9.23 Å². The smallest absolute Gasteiger partial charge is 0.0715 e. The minimum absolute atomic E-state index is 0. The fourth-order valence-electron chi connectivity index (χ4n) is 2.92. The van der Waals surface area contributed by atoms with E-state index in [-0.39, 0.29) is 14.9 Å². The molecular weight excluding hydrogens is 340 g/mol. The van der Waals surface area contributed by atoms with Crippen LogP contribution in [0.2, 0.25) is 0 Å². The standard InChI is InChI=1S/C15H16.C10H14O.2CH4/c1-12-8-9-13(2)15(10-12)11-14-6-4-3-5-7-14;1-8-4-5-9(2)10(6-8)7-11-3;;/h3-10H,11H2,1-2H3;4-6H,7H2,1-3H3;2*1H4. The van der Waals surface area contributed by atoms with Gasteiger partial charge in [-0.1, -0.05) is 92.7 Å². The summed E-state index contributed by atoms with van der Waals surface area (Å²) in [7, 11) is 1.72. The van der Waals surface area contributed by atoms with Crippen LogP contribution in [-0.4, -0.2) is 7.11 Å². The zero-order valence-electron chi connectivity index (χ0n) is 16.7. The summed E-state index contributed by atoms with van der Waals surface area (Å²) in [6, 6.07) is 23.7. The number of benzene rings is 3. The Bertz CT molecular complexity index is 819. The highest BCUT2D eigenvalue weighted by Crippen LogP contribution is 2.15. The molecule has 3 aromatic rings. The molecule has 0 aromatic heterocycles. The van der Waals surface area contributed by atoms with Gasteiger partial charge < -0.3 is 4.74 Å². The van der Waals surface area contributed by atoms with Gasteiger partial charge in [-0.3, -0.25) is 0 Å². The summed E-state index contributed by atoms with van der Waals surface area (Å²) in [5, 5.41) is 0. The minimum atomic E-state index is 0. The molecule has 0 radical (unpaired) electrons. The Hall–Kier alpha value is -2.38. The first-order valence-corrected chi connectivity index (χ1v) is 9.14. The molecule has 1 heteroatoms. The number of rotatable bonds is 4. The largest absolute Gasteiger partial charge is 0.380 e. The minimum Gasteiger partial charge on any atom is -0.380 e. The lowest BCUT2D eigenvalue weighted by molar-refractivity contribution is 0.184. The summed E-state index contributed by atoms with van der Waals surface area (Å²) in [4.78, 5) is 0. The molecule has 1 nitrogen and oxygen atoms in total. The zero-order chi connectivity index (χ0) is 18.9. The molecule has 0 bridgehead atoms. The first kappa shape index (κ1) is 25.6. The van der Waals surface area contributed by atoms with Gasteiger partial charge in [-0.15, -0.1) is 0 Å². The van der Waals surface area contributed by atoms with Crippen LogP contribution in [0, 0.1) is 27.7 Å². The van der Waals surface area contributed by atoms with Gasteiger partial charge in [-0.2, -0.15) is 0 Å². The monoisotopic (exact) mass is 378 g/mol. The van der Waals surface area contributed by atoms with Crippen LogP contribution >= 0.6 is 0 Å². The lowest BCUT2D eigenvalue weighted by atomic mass is 9.99. The Morgan fingerprint density at radius 1 is 0.643 bits per heavy atom. The average molecular weight is 379 g/mol. The number of ether oxygens (including phenoxy) is 1. The summed E-state index contributed by atoms with van der Waals surface area (Å²) in [6.07, 6.45) is 1.04. The highest BCUT2D eigenvalue weighted by atomic mass is 16.5. The lowest BCUT2D eigenvalue weighted by Crippen LogP contribution is -1.92. The van der Waals surface area contributed by atoms with Gasteiger partial charge >= 0.3 is 0 Å². The summed E-state index contributed by atoms with van der Waals surface area (Å²) in [6.45, 7) is 9.24. The van der Waals surface area contributed by atoms with Crippen LogP contribution in [0.1, 0.15) is 53.8 Å². The first-order valence-electron chi connectivity index (χ1n) is 9.14. The van der Waals surface area contributed by atoms with Crippen molar-refractivity contribution in [2.45, 2.75) is 55.6 Å². The fraction of sp³-hybridized carbons (Fsp3) is 0.333. The van der Waals surface area contributed by atoms with Crippen LogP contribution in [0.5, 0.6) is 0 Å². The van der Waals surface area contributed by atoms with Crippen molar-refractivity contribution in [1.29, 1.82) is 0 Å². The van der Waals surface area contributed by atoms with E-state index in [1.807, 2.05) is 0 Å². The van der Waals surface area contributed by atoms with Crippen molar-refractivity contribution >= 4 is 0 Å². The predicted molar refractivity (Wildman–Crippen MR) is 125 cm³/mol. The maximum absolute atomic E-state index is 5.06. The second-order valence-corrected chi connectivity index (χ2v) is 6.96. The highest BCUT2D eigenvalue weighted by Gasteiger charge is 2.00. The molecule has 0 atom stereocenters. The highest BCUT2D eigenvalue weighted by molar-refractivity contribution is 5.35. The Morgan fingerprint density at radius 3 is 1.68 bits per heavy atom. The van der Waals surface area contributed by atoms with Crippen molar-refractivity contribution in [3.8, 4) is 0 Å². The fourth-order valence-corrected chi connectivity index (χ4v) is 2.92. The molecule has 0 saturated heterocycles. The molecule has 0 aliphatic rings. The third-order valence-electron chi connectivity index (χ3n) is 4.55. The van der Waals surface area contributed by atoms with Crippen LogP contribution in [-0.2, 0) is 17.8 Å². The summed E-state index contributed by atoms with van der Waals surface area (Å²) in [5.41, 5.74) is 9.41. The molecule has 0 amide bonds. The lowest BCUT2D eigenvalue weighted by Gasteiger charge is -2.07. The molecule has 0 aliphatic carbocycles. The molecule has 152 valence electrons. The van der Waals surface area contributed by atoms with Gasteiger partial charge in [0, 0.05) is 7.11 Å². The van der Waals surface area contributed by atoms with E-state index in [9.17, 15) is 0 Å². The second kappa shape index (κ2) is 12.9. The summed E-state index contributed by atoms with van der Waals surface area (Å²) < 4.78 is 5.06. The van der Waals surface area contributed by atoms with Crippen molar-refractivity contribution in [2.24, 2.45) is 0 Å². The van der Waals surface area contributed by atoms with Crippen molar-refractivity contribution in [2.75, 3.05) is 7.11 Å². The molecule has 0 aliphatic heterocycles. The van der Waals surface area contributed by atoms with Gasteiger partial charge in [0.15, 0.2) is 0 Å². The van der Waals surface area contributed by atoms with E-state index in [1.54, 1.807) is 7.11 Å². The second-order valence-electron chi connectivity index (χ2n) is 6.96. The first-order chi connectivity index (χ1) is 12.5. The van der Waals surface area contributed by atoms with Crippen molar-refractivity contribution in [3.05, 3.63) is 106 Å². The van der Waals surface area contributed by atoms with Gasteiger partial charge in [0.25, 0.3) is 0 Å². The summed E-state index contributed by atoms with van der Waals surface area (Å²) >= 11 is 0. The Kier molecular flexibility index (Phi) is 11.8. The molecular formula is C27H38O. The third kappa shape index (κ3) is 8.10. The van der Waals surface area contributed by atoms with E-state index in [0.717, 1.165) is 6.42 Å². The SMILES string of the molecule is C.C.COCc1cc(C)ccc1C.Cc1ccc(C)c(Cc2ccccc2)c1. The van der Waals surface area contributed by atoms with Crippen LogP contribution in [0.3, 0.4) is 0 Å². The van der Waals surface area contributed by atoms with Crippen molar-refractivity contribution in [3.63, 3.8) is 0 Å². The van der Waals surface area contributed by atoms with Gasteiger partial charge in [0.2, 0.25) is 0 Å². The molecule has 28 heavy (non-hydrogen) atoms. The molecule has 0 fully saturated rings. The maximum atomic E-state index is 5.06. The molecule has 0 unspecified atom stereocenters. The van der Waals surface area contributed by atoms with Gasteiger partial charge in [0.1, 0.15) is 0 Å². The van der Waals surface area contributed by atoms with E-state index in [2.05, 4.69) is 94.4 Å². The van der Waals surface area contributed by atoms with Crippen LogP contribution < -0.4 is 0 Å². The Morgan fingerprint density at radius 2 is 1.14 bits per heavy atom. The number of hydrogen-bond donors (Lipinski definition) is 0. The molecule has 3 aromatic carbocycles. The molecule has 0 heterocycles. The molecule has 0 N–H and O–H groups in total. The number of hydrogen-bond acceptors (Lipinski definition) is 1. The molecule has 0 saturated carbocycles. The number of aryl methyl sites for hydroxylation is 4. The molecule has 0 spiro atoms. The van der Waals surface area contributed by atoms with Gasteiger partial charge in [-0.25, -0.2) is 0 Å². The Balaban J connectivity index is 0.000000507. The van der Waals surface area contributed by atoms with Crippen molar-refractivity contribution in [1.82, 2.24) is 0 Å². The quantitative estimate of drug-likeness (QED) is 0.454. The van der Waals surface area contributed by atoms with Crippen LogP contribution in [0.25, 0.3) is 0 Å². The third-order valence-corrected chi connectivity index (χ3v) is 4.55. The van der Waals surface area contributed by atoms with E-state index in [0.29, 0.717) is 6.61 Å². The van der Waals surface area contributed by atoms with E-state index in [4.69, 9.17) is 4.74 Å². The van der Waals surface area contributed by atoms with Gasteiger partial charge in [0.05, 0.1) is 6.61 Å². The van der Waals surface area contributed by atoms with E-state index < -0.39 is 0 Å². The van der Waals surface area contributed by atoms with Crippen LogP contribution in [0.4, 0.5) is 0 Å². The maximum Gasteiger partial charge on any atom is 0.0715 e. The normalized spacial score (nSPS) is 9.46.